The number of aliphatic carboxylic acids is 1. The molecule has 6 heteroatoms. The summed E-state index contributed by atoms with van der Waals surface area (Å²) in [5.41, 5.74) is 0.718. The molecule has 0 bridgehead atoms. The monoisotopic (exact) mass is 340 g/mol. The Bertz CT molecular complexity index is 551. The minimum atomic E-state index is -0.784. The largest absolute Gasteiger partial charge is 0.481 e. The number of carbonyl (C=O) groups excluding carboxylic acids is 1. The third kappa shape index (κ3) is 2.75. The molecule has 1 unspecified atom stereocenters. The molecule has 1 aromatic heterocycles. The molecular weight excluding hydrogens is 324 g/mol. The molecular formula is C14H17BrN2O3. The van der Waals surface area contributed by atoms with Gasteiger partial charge in [-0.3, -0.25) is 9.59 Å². The maximum atomic E-state index is 12.6. The molecule has 1 atom stereocenters. The highest BCUT2D eigenvalue weighted by atomic mass is 79.9. The fourth-order valence-electron chi connectivity index (χ4n) is 2.86. The van der Waals surface area contributed by atoms with Crippen LogP contribution in [0.25, 0.3) is 0 Å². The number of likely N-dealkylation sites (tertiary alicyclic amines) is 1. The Morgan fingerprint density at radius 3 is 2.75 bits per heavy atom. The summed E-state index contributed by atoms with van der Waals surface area (Å²) in [4.78, 5) is 25.1. The molecule has 0 radical (unpaired) electrons. The molecule has 5 nitrogen and oxygen atoms in total. The molecule has 1 saturated carbocycles. The molecule has 2 heterocycles. The van der Waals surface area contributed by atoms with Gasteiger partial charge in [0.15, 0.2) is 0 Å². The minimum Gasteiger partial charge on any atom is -0.481 e. The number of carboxylic acids is 1. The Labute approximate surface area is 125 Å². The van der Waals surface area contributed by atoms with Gasteiger partial charge in [-0.1, -0.05) is 0 Å². The van der Waals surface area contributed by atoms with E-state index in [1.54, 1.807) is 4.90 Å². The second kappa shape index (κ2) is 5.24. The molecule has 0 aromatic carbocycles. The van der Waals surface area contributed by atoms with Gasteiger partial charge in [0.2, 0.25) is 0 Å². The highest BCUT2D eigenvalue weighted by Gasteiger charge is 2.33. The normalized spacial score (nSPS) is 22.2. The third-order valence-electron chi connectivity index (χ3n) is 4.01. The molecule has 2 aliphatic rings. The Hall–Kier alpha value is -1.30. The molecule has 1 aliphatic carbocycles. The number of amides is 1. The summed E-state index contributed by atoms with van der Waals surface area (Å²) < 4.78 is 2.98. The van der Waals surface area contributed by atoms with Crippen molar-refractivity contribution in [3.63, 3.8) is 0 Å². The molecule has 0 spiro atoms. The maximum Gasteiger partial charge on any atom is 0.303 e. The molecule has 1 amide bonds. The van der Waals surface area contributed by atoms with Gasteiger partial charge >= 0.3 is 5.97 Å². The zero-order valence-electron chi connectivity index (χ0n) is 11.1. The first-order valence-electron chi connectivity index (χ1n) is 6.93. The standard InChI is InChI=1S/C14H17BrN2O3/c15-10-6-12(17(8-10)11-1-2-11)14(20)16-4-3-9(7-16)5-13(18)19/h6,8-9,11H,1-5,7H2,(H,18,19). The molecule has 1 aromatic rings. The van der Waals surface area contributed by atoms with Crippen LogP contribution < -0.4 is 0 Å². The number of hydrogen-bond acceptors (Lipinski definition) is 2. The fourth-order valence-corrected chi connectivity index (χ4v) is 3.30. The third-order valence-corrected chi connectivity index (χ3v) is 4.44. The van der Waals surface area contributed by atoms with Gasteiger partial charge in [0.25, 0.3) is 5.91 Å². The fraction of sp³-hybridized carbons (Fsp3) is 0.571. The molecule has 1 N–H and O–H groups in total. The van der Waals surface area contributed by atoms with Crippen LogP contribution in [0.2, 0.25) is 0 Å². The number of rotatable bonds is 4. The summed E-state index contributed by atoms with van der Waals surface area (Å²) >= 11 is 3.43. The lowest BCUT2D eigenvalue weighted by atomic mass is 10.1. The van der Waals surface area contributed by atoms with E-state index in [9.17, 15) is 9.59 Å². The number of carbonyl (C=O) groups is 2. The van der Waals surface area contributed by atoms with Gasteiger partial charge in [-0.05, 0) is 47.2 Å². The molecule has 1 saturated heterocycles. The number of hydrogen-bond donors (Lipinski definition) is 1. The van der Waals surface area contributed by atoms with E-state index in [-0.39, 0.29) is 18.2 Å². The van der Waals surface area contributed by atoms with Gasteiger partial charge in [0.05, 0.1) is 0 Å². The van der Waals surface area contributed by atoms with Gasteiger partial charge < -0.3 is 14.6 Å². The first-order chi connectivity index (χ1) is 9.54. The summed E-state index contributed by atoms with van der Waals surface area (Å²) in [6.07, 6.45) is 5.15. The number of aromatic nitrogens is 1. The quantitative estimate of drug-likeness (QED) is 0.915. The summed E-state index contributed by atoms with van der Waals surface area (Å²) in [5, 5.41) is 8.83. The van der Waals surface area contributed by atoms with Crippen molar-refractivity contribution in [1.82, 2.24) is 9.47 Å². The van der Waals surface area contributed by atoms with E-state index in [1.165, 1.54) is 0 Å². The summed E-state index contributed by atoms with van der Waals surface area (Å²) in [6, 6.07) is 2.32. The summed E-state index contributed by atoms with van der Waals surface area (Å²) in [5.74, 6) is -0.673. The van der Waals surface area contributed by atoms with Crippen LogP contribution in [0.1, 0.15) is 42.2 Å². The van der Waals surface area contributed by atoms with Gasteiger partial charge in [0.1, 0.15) is 5.69 Å². The van der Waals surface area contributed by atoms with Crippen molar-refractivity contribution in [1.29, 1.82) is 0 Å². The van der Waals surface area contributed by atoms with Gasteiger partial charge in [0, 0.05) is 36.2 Å². The van der Waals surface area contributed by atoms with Crippen molar-refractivity contribution in [3.05, 3.63) is 22.4 Å². The molecule has 20 heavy (non-hydrogen) atoms. The van der Waals surface area contributed by atoms with Crippen molar-refractivity contribution in [2.75, 3.05) is 13.1 Å². The maximum absolute atomic E-state index is 12.6. The second-order valence-corrected chi connectivity index (χ2v) is 6.60. The topological polar surface area (TPSA) is 62.5 Å². The molecule has 3 rings (SSSR count). The smallest absolute Gasteiger partial charge is 0.303 e. The average molecular weight is 341 g/mol. The highest BCUT2D eigenvalue weighted by molar-refractivity contribution is 9.10. The van der Waals surface area contributed by atoms with Crippen molar-refractivity contribution in [3.8, 4) is 0 Å². The first kappa shape index (κ1) is 13.7. The van der Waals surface area contributed by atoms with E-state index in [0.717, 1.165) is 29.4 Å². The van der Waals surface area contributed by atoms with E-state index in [2.05, 4.69) is 20.5 Å². The molecule has 1 aliphatic heterocycles. The Kier molecular flexibility index (Phi) is 3.58. The van der Waals surface area contributed by atoms with E-state index in [0.29, 0.717) is 19.1 Å². The van der Waals surface area contributed by atoms with Crippen LogP contribution in [0, 0.1) is 5.92 Å². The van der Waals surface area contributed by atoms with Crippen molar-refractivity contribution in [2.45, 2.75) is 31.7 Å². The Morgan fingerprint density at radius 1 is 1.35 bits per heavy atom. The van der Waals surface area contributed by atoms with E-state index in [4.69, 9.17) is 5.11 Å². The van der Waals surface area contributed by atoms with E-state index >= 15 is 0 Å². The van der Waals surface area contributed by atoms with Crippen LogP contribution in [-0.2, 0) is 4.79 Å². The summed E-state index contributed by atoms with van der Waals surface area (Å²) in [7, 11) is 0. The van der Waals surface area contributed by atoms with Gasteiger partial charge in [-0.2, -0.15) is 0 Å². The minimum absolute atomic E-state index is 0.0236. The molecule has 2 fully saturated rings. The average Bonchev–Trinajstić information content (AvgIpc) is 3.01. The van der Waals surface area contributed by atoms with Crippen LogP contribution in [0.4, 0.5) is 0 Å². The van der Waals surface area contributed by atoms with E-state index in [1.807, 2.05) is 12.3 Å². The van der Waals surface area contributed by atoms with Crippen LogP contribution in [-0.4, -0.2) is 39.5 Å². The zero-order valence-corrected chi connectivity index (χ0v) is 12.7. The lowest BCUT2D eigenvalue weighted by Gasteiger charge is -2.17. The van der Waals surface area contributed by atoms with Crippen molar-refractivity contribution < 1.29 is 14.7 Å². The van der Waals surface area contributed by atoms with Crippen LogP contribution in [0.5, 0.6) is 0 Å². The van der Waals surface area contributed by atoms with Gasteiger partial charge in [-0.25, -0.2) is 0 Å². The number of nitrogens with zero attached hydrogens (tertiary/aromatic N) is 2. The van der Waals surface area contributed by atoms with Crippen LogP contribution in [0.3, 0.4) is 0 Å². The van der Waals surface area contributed by atoms with Gasteiger partial charge in [-0.15, -0.1) is 0 Å². The SMILES string of the molecule is O=C(O)CC1CCN(C(=O)c2cc(Br)cn2C2CC2)C1. The predicted molar refractivity (Wildman–Crippen MR) is 76.7 cm³/mol. The zero-order chi connectivity index (χ0) is 14.3. The van der Waals surface area contributed by atoms with Crippen molar-refractivity contribution in [2.24, 2.45) is 5.92 Å². The predicted octanol–water partition coefficient (Wildman–Crippen LogP) is 2.52. The second-order valence-electron chi connectivity index (χ2n) is 5.69. The molecule has 108 valence electrons. The lowest BCUT2D eigenvalue weighted by Crippen LogP contribution is -2.30. The number of halogens is 1. The number of carboxylic acid groups (broad SMARTS) is 1. The lowest BCUT2D eigenvalue weighted by molar-refractivity contribution is -0.138. The Balaban J connectivity index is 1.72. The first-order valence-corrected chi connectivity index (χ1v) is 7.72. The van der Waals surface area contributed by atoms with E-state index < -0.39 is 5.97 Å². The van der Waals surface area contributed by atoms with Crippen LogP contribution in [0.15, 0.2) is 16.7 Å². The van der Waals surface area contributed by atoms with Crippen LogP contribution >= 0.6 is 15.9 Å². The highest BCUT2D eigenvalue weighted by Crippen LogP contribution is 2.38. The summed E-state index contributed by atoms with van der Waals surface area (Å²) in [6.45, 7) is 1.21. The van der Waals surface area contributed by atoms with Crippen molar-refractivity contribution >= 4 is 27.8 Å². The Morgan fingerprint density at radius 2 is 2.10 bits per heavy atom.